The molecule has 3 rings (SSSR count). The minimum atomic E-state index is -0.742. The highest BCUT2D eigenvalue weighted by Gasteiger charge is 2.24. The molecule has 3 nitrogen and oxygen atoms in total. The van der Waals surface area contributed by atoms with Crippen molar-refractivity contribution in [2.45, 2.75) is 24.0 Å². The Hall–Kier alpha value is -2.66. The summed E-state index contributed by atoms with van der Waals surface area (Å²) in [5.74, 6) is -0.0162. The van der Waals surface area contributed by atoms with Gasteiger partial charge in [0, 0.05) is 17.5 Å². The number of nitrogens with zero attached hydrogens (tertiary/aromatic N) is 1. The number of carbonyl (C=O) groups excluding carboxylic acids is 1. The molecule has 0 bridgehead atoms. The first-order valence-electron chi connectivity index (χ1n) is 8.66. The molecule has 3 aromatic rings. The van der Waals surface area contributed by atoms with E-state index in [2.05, 4.69) is 4.98 Å². The highest BCUT2D eigenvalue weighted by Crippen LogP contribution is 2.27. The van der Waals surface area contributed by atoms with Crippen molar-refractivity contribution in [3.8, 4) is 0 Å². The summed E-state index contributed by atoms with van der Waals surface area (Å²) in [5, 5.41) is -0.357. The van der Waals surface area contributed by atoms with E-state index in [0.29, 0.717) is 17.0 Å². The van der Waals surface area contributed by atoms with Gasteiger partial charge in [0.1, 0.15) is 5.82 Å². The molecule has 0 spiro atoms. The lowest BCUT2D eigenvalue weighted by molar-refractivity contribution is -0.146. The monoisotopic (exact) mass is 381 g/mol. The van der Waals surface area contributed by atoms with Crippen LogP contribution in [0.4, 0.5) is 4.39 Å². The normalized spacial score (nSPS) is 13.0. The molecule has 0 aliphatic rings. The lowest BCUT2D eigenvalue weighted by Crippen LogP contribution is -2.21. The van der Waals surface area contributed by atoms with Gasteiger partial charge in [-0.2, -0.15) is 0 Å². The zero-order chi connectivity index (χ0) is 19.1. The molecular formula is C22H20FNO2S. The first kappa shape index (κ1) is 19.1. The van der Waals surface area contributed by atoms with Crippen LogP contribution in [0.5, 0.6) is 0 Å². The van der Waals surface area contributed by atoms with E-state index in [1.807, 2.05) is 43.3 Å². The summed E-state index contributed by atoms with van der Waals surface area (Å²) in [6, 6.07) is 21.4. The summed E-state index contributed by atoms with van der Waals surface area (Å²) in [4.78, 5) is 16.9. The van der Waals surface area contributed by atoms with Crippen molar-refractivity contribution < 1.29 is 13.9 Å². The van der Waals surface area contributed by atoms with Gasteiger partial charge < -0.3 is 4.74 Å². The maximum atomic E-state index is 13.7. The number of esters is 1. The fourth-order valence-corrected chi connectivity index (χ4v) is 3.40. The van der Waals surface area contributed by atoms with Crippen molar-refractivity contribution in [3.63, 3.8) is 0 Å². The van der Waals surface area contributed by atoms with Crippen molar-refractivity contribution in [2.75, 3.05) is 0 Å². The molecule has 0 radical (unpaired) electrons. The van der Waals surface area contributed by atoms with Gasteiger partial charge in [0.25, 0.3) is 0 Å². The van der Waals surface area contributed by atoms with E-state index in [4.69, 9.17) is 4.74 Å². The third kappa shape index (κ3) is 5.41. The van der Waals surface area contributed by atoms with Gasteiger partial charge in [-0.05, 0) is 36.8 Å². The summed E-state index contributed by atoms with van der Waals surface area (Å²) < 4.78 is 19.4. The maximum Gasteiger partial charge on any atom is 0.319 e. The summed E-state index contributed by atoms with van der Waals surface area (Å²) >= 11 is 1.50. The predicted octanol–water partition coefficient (Wildman–Crippen LogP) is 5.18. The number of pyridine rings is 1. The molecule has 2 aromatic carbocycles. The molecule has 0 N–H and O–H groups in total. The third-order valence-electron chi connectivity index (χ3n) is 4.02. The highest BCUT2D eigenvalue weighted by atomic mass is 32.2. The molecule has 2 atom stereocenters. The van der Waals surface area contributed by atoms with E-state index in [-0.39, 0.29) is 17.0 Å². The summed E-state index contributed by atoms with van der Waals surface area (Å²) in [6.07, 6.45) is 0.887. The molecule has 1 aromatic heterocycles. The fraction of sp³-hybridized carbons (Fsp3) is 0.182. The van der Waals surface area contributed by atoms with Crippen molar-refractivity contribution in [2.24, 2.45) is 0 Å². The third-order valence-corrected chi connectivity index (χ3v) is 5.21. The smallest absolute Gasteiger partial charge is 0.319 e. The zero-order valence-corrected chi connectivity index (χ0v) is 15.7. The molecule has 0 aliphatic carbocycles. The average molecular weight is 381 g/mol. The minimum Gasteiger partial charge on any atom is -0.450 e. The predicted molar refractivity (Wildman–Crippen MR) is 106 cm³/mol. The molecule has 5 heteroatoms. The molecule has 27 heavy (non-hydrogen) atoms. The zero-order valence-electron chi connectivity index (χ0n) is 14.9. The van der Waals surface area contributed by atoms with Gasteiger partial charge in [0.15, 0.2) is 6.10 Å². The topological polar surface area (TPSA) is 39.2 Å². The summed E-state index contributed by atoms with van der Waals surface area (Å²) in [7, 11) is 0. The van der Waals surface area contributed by atoms with Crippen LogP contribution in [0.3, 0.4) is 0 Å². The lowest BCUT2D eigenvalue weighted by atomic mass is 10.1. The lowest BCUT2D eigenvalue weighted by Gasteiger charge is -2.20. The van der Waals surface area contributed by atoms with Crippen LogP contribution in [0.2, 0.25) is 0 Å². The Morgan fingerprint density at radius 2 is 1.85 bits per heavy atom. The Labute approximate surface area is 162 Å². The van der Waals surface area contributed by atoms with Crippen LogP contribution in [-0.2, 0) is 15.3 Å². The second-order valence-electron chi connectivity index (χ2n) is 6.07. The number of carbonyl (C=O) groups is 1. The van der Waals surface area contributed by atoms with Gasteiger partial charge in [-0.25, -0.2) is 4.39 Å². The van der Waals surface area contributed by atoms with Crippen LogP contribution in [0.15, 0.2) is 79.0 Å². The molecule has 0 fully saturated rings. The van der Waals surface area contributed by atoms with Crippen molar-refractivity contribution in [1.29, 1.82) is 0 Å². The first-order valence-corrected chi connectivity index (χ1v) is 9.71. The van der Waals surface area contributed by atoms with Gasteiger partial charge in [0.2, 0.25) is 0 Å². The van der Waals surface area contributed by atoms with Gasteiger partial charge >= 0.3 is 5.97 Å². The quantitative estimate of drug-likeness (QED) is 0.529. The van der Waals surface area contributed by atoms with Crippen LogP contribution < -0.4 is 0 Å². The summed E-state index contributed by atoms with van der Waals surface area (Å²) in [6.45, 7) is 1.82. The Morgan fingerprint density at radius 1 is 1.07 bits per heavy atom. The minimum absolute atomic E-state index is 0.351. The van der Waals surface area contributed by atoms with Gasteiger partial charge in [-0.1, -0.05) is 48.5 Å². The number of benzene rings is 2. The molecule has 0 saturated carbocycles. The van der Waals surface area contributed by atoms with E-state index in [0.717, 1.165) is 5.56 Å². The number of aromatic nitrogens is 1. The number of hydrogen-bond acceptors (Lipinski definition) is 4. The van der Waals surface area contributed by atoms with E-state index >= 15 is 0 Å². The second kappa shape index (κ2) is 9.33. The molecule has 0 saturated heterocycles. The standard InChI is InChI=1S/C22H20FNO2S/c1-16(27-15-17-8-3-2-4-9-17)22(25)26-21(20-12-5-6-13-24-20)18-10-7-11-19(23)14-18/h2-14,16,21H,15H2,1H3. The van der Waals surface area contributed by atoms with Crippen LogP contribution in [-0.4, -0.2) is 16.2 Å². The number of rotatable bonds is 7. The number of ether oxygens (including phenoxy) is 1. The van der Waals surface area contributed by atoms with Crippen molar-refractivity contribution in [1.82, 2.24) is 4.98 Å². The Balaban J connectivity index is 1.72. The number of thioether (sulfide) groups is 1. The van der Waals surface area contributed by atoms with Crippen LogP contribution >= 0.6 is 11.8 Å². The van der Waals surface area contributed by atoms with Crippen LogP contribution in [0, 0.1) is 5.82 Å². The number of hydrogen-bond donors (Lipinski definition) is 0. The summed E-state index contributed by atoms with van der Waals surface area (Å²) in [5.41, 5.74) is 2.27. The van der Waals surface area contributed by atoms with Gasteiger partial charge in [-0.3, -0.25) is 9.78 Å². The fourth-order valence-electron chi connectivity index (χ4n) is 2.58. The molecule has 0 amide bonds. The van der Waals surface area contributed by atoms with Gasteiger partial charge in [-0.15, -0.1) is 11.8 Å². The average Bonchev–Trinajstić information content (AvgIpc) is 2.71. The molecule has 2 unspecified atom stereocenters. The maximum absolute atomic E-state index is 13.7. The van der Waals surface area contributed by atoms with E-state index < -0.39 is 6.10 Å². The van der Waals surface area contributed by atoms with E-state index in [1.54, 1.807) is 30.5 Å². The van der Waals surface area contributed by atoms with Crippen LogP contribution in [0.1, 0.15) is 29.8 Å². The van der Waals surface area contributed by atoms with Crippen molar-refractivity contribution in [3.05, 3.63) is 102 Å². The van der Waals surface area contributed by atoms with Crippen LogP contribution in [0.25, 0.3) is 0 Å². The molecule has 0 aliphatic heterocycles. The highest BCUT2D eigenvalue weighted by molar-refractivity contribution is 7.99. The molecule has 1 heterocycles. The Bertz CT molecular complexity index is 874. The largest absolute Gasteiger partial charge is 0.450 e. The second-order valence-corrected chi connectivity index (χ2v) is 7.39. The Morgan fingerprint density at radius 3 is 2.56 bits per heavy atom. The number of halogens is 1. The van der Waals surface area contributed by atoms with E-state index in [1.165, 1.54) is 23.9 Å². The molecule has 138 valence electrons. The Kier molecular flexibility index (Phi) is 6.60. The first-order chi connectivity index (χ1) is 13.1. The van der Waals surface area contributed by atoms with E-state index in [9.17, 15) is 9.18 Å². The molecular weight excluding hydrogens is 361 g/mol. The SMILES string of the molecule is CC(SCc1ccccc1)C(=O)OC(c1cccc(F)c1)c1ccccn1. The van der Waals surface area contributed by atoms with Crippen molar-refractivity contribution >= 4 is 17.7 Å². The van der Waals surface area contributed by atoms with Gasteiger partial charge in [0.05, 0.1) is 10.9 Å².